The summed E-state index contributed by atoms with van der Waals surface area (Å²) in [4.78, 5) is 27.6. The number of amides is 2. The van der Waals surface area contributed by atoms with E-state index in [0.717, 1.165) is 22.3 Å². The summed E-state index contributed by atoms with van der Waals surface area (Å²) >= 11 is 0. The van der Waals surface area contributed by atoms with E-state index < -0.39 is 41.1 Å². The number of nitrogens with one attached hydrogen (secondary N) is 1. The van der Waals surface area contributed by atoms with Crippen LogP contribution in [0.4, 0.5) is 14.9 Å². The highest BCUT2D eigenvalue weighted by Gasteiger charge is 2.37. The number of halogens is 1. The van der Waals surface area contributed by atoms with Crippen molar-refractivity contribution in [1.29, 1.82) is 0 Å². The molecule has 298 valence electrons. The minimum absolute atomic E-state index is 0.00677. The van der Waals surface area contributed by atoms with Crippen molar-refractivity contribution < 1.29 is 45.3 Å². The molecule has 6 rings (SSSR count). The third kappa shape index (κ3) is 10.4. The van der Waals surface area contributed by atoms with Gasteiger partial charge in [-0.05, 0) is 78.6 Å². The predicted octanol–water partition coefficient (Wildman–Crippen LogP) is 8.46. The minimum Gasteiger partial charge on any atom is -0.442 e. The lowest BCUT2D eigenvalue weighted by atomic mass is 9.78. The van der Waals surface area contributed by atoms with Crippen LogP contribution in [0.15, 0.2) is 91.0 Å². The number of hydrogen-bond acceptors (Lipinski definition) is 9. The number of ether oxygens (including phenoxy) is 1. The van der Waals surface area contributed by atoms with Gasteiger partial charge in [-0.15, -0.1) is 0 Å². The molecule has 1 atom stereocenters. The van der Waals surface area contributed by atoms with E-state index in [-0.39, 0.29) is 61.8 Å². The maximum atomic E-state index is 15.2. The van der Waals surface area contributed by atoms with Crippen molar-refractivity contribution >= 4 is 35.3 Å². The summed E-state index contributed by atoms with van der Waals surface area (Å²) < 4.78 is 76.8. The van der Waals surface area contributed by atoms with Crippen LogP contribution in [0.1, 0.15) is 72.4 Å². The van der Waals surface area contributed by atoms with Gasteiger partial charge in [-0.2, -0.15) is 0 Å². The van der Waals surface area contributed by atoms with Crippen LogP contribution in [-0.4, -0.2) is 51.1 Å². The lowest BCUT2D eigenvalue weighted by molar-refractivity contribution is -0.122. The number of phosphoric ester groups is 1. The SMILES string of the molecule is Cc1cc(C)c(C(C)(C)CC(=O)NCC2CN(c3ccc(C4CCS(=O)(=O)CC4)c(F)c3)C(=O)O2)c(OP(=O)(OCc2ccccc2)OCc2ccccc2)c1. The summed E-state index contributed by atoms with van der Waals surface area (Å²) in [5.74, 6) is -0.700. The second kappa shape index (κ2) is 17.3. The fraction of sp³-hybridized carbons (Fsp3) is 0.381. The largest absolute Gasteiger partial charge is 0.530 e. The average Bonchev–Trinajstić information content (AvgIpc) is 3.53. The first-order chi connectivity index (χ1) is 26.6. The summed E-state index contributed by atoms with van der Waals surface area (Å²) in [7, 11) is -7.31. The standard InChI is InChI=1S/C42H48FN2O9PS/c1-29-21-30(2)40(38(22-29)54-55(48,51-27-31-11-7-5-8-12-31)52-28-32-13-9-6-10-14-32)42(3,4)24-39(46)44-25-35-26-45(41(47)53-35)34-15-16-36(37(43)23-34)33-17-19-56(49,50)20-18-33/h5-16,21-23,33,35H,17-20,24-28H2,1-4H3,(H,44,46). The lowest BCUT2D eigenvalue weighted by Crippen LogP contribution is -2.37. The molecule has 1 N–H and O–H groups in total. The van der Waals surface area contributed by atoms with Crippen molar-refractivity contribution in [3.63, 3.8) is 0 Å². The number of phosphoric acid groups is 1. The molecule has 0 spiro atoms. The molecule has 4 aromatic carbocycles. The van der Waals surface area contributed by atoms with Gasteiger partial charge in [0.25, 0.3) is 0 Å². The van der Waals surface area contributed by atoms with Gasteiger partial charge >= 0.3 is 13.9 Å². The molecule has 2 aliphatic rings. The highest BCUT2D eigenvalue weighted by atomic mass is 32.2. The number of benzene rings is 4. The number of anilines is 1. The number of cyclic esters (lactones) is 1. The molecule has 14 heteroatoms. The molecule has 1 unspecified atom stereocenters. The quantitative estimate of drug-likeness (QED) is 0.117. The molecule has 4 aromatic rings. The van der Waals surface area contributed by atoms with E-state index in [1.165, 1.54) is 11.0 Å². The zero-order valence-electron chi connectivity index (χ0n) is 32.0. The molecule has 11 nitrogen and oxygen atoms in total. The van der Waals surface area contributed by atoms with Crippen molar-refractivity contribution in [2.24, 2.45) is 0 Å². The second-order valence-corrected chi connectivity index (χ2v) is 19.0. The van der Waals surface area contributed by atoms with Gasteiger partial charge in [0, 0.05) is 17.4 Å². The zero-order valence-corrected chi connectivity index (χ0v) is 33.7. The smallest absolute Gasteiger partial charge is 0.442 e. The van der Waals surface area contributed by atoms with Crippen LogP contribution in [0.3, 0.4) is 0 Å². The van der Waals surface area contributed by atoms with Gasteiger partial charge in [0.2, 0.25) is 5.91 Å². The maximum absolute atomic E-state index is 15.2. The highest BCUT2D eigenvalue weighted by molar-refractivity contribution is 7.91. The molecule has 2 aliphatic heterocycles. The number of rotatable bonds is 15. The topological polar surface area (TPSA) is 138 Å². The van der Waals surface area contributed by atoms with E-state index in [1.54, 1.807) is 18.2 Å². The Bertz CT molecular complexity index is 2140. The van der Waals surface area contributed by atoms with Crippen molar-refractivity contribution in [3.05, 3.63) is 130 Å². The Morgan fingerprint density at radius 2 is 1.54 bits per heavy atom. The fourth-order valence-electron chi connectivity index (χ4n) is 7.37. The Labute approximate surface area is 328 Å². The predicted molar refractivity (Wildman–Crippen MR) is 212 cm³/mol. The molecule has 0 radical (unpaired) electrons. The first kappa shape index (κ1) is 41.1. The van der Waals surface area contributed by atoms with Crippen LogP contribution in [0.5, 0.6) is 5.75 Å². The molecule has 56 heavy (non-hydrogen) atoms. The van der Waals surface area contributed by atoms with Crippen LogP contribution in [0.25, 0.3) is 0 Å². The van der Waals surface area contributed by atoms with Gasteiger partial charge in [-0.25, -0.2) is 22.2 Å². The number of carbonyl (C=O) groups is 2. The summed E-state index contributed by atoms with van der Waals surface area (Å²) in [5.41, 5.74) is 3.82. The van der Waals surface area contributed by atoms with Crippen LogP contribution < -0.4 is 14.7 Å². The molecular weight excluding hydrogens is 759 g/mol. The van der Waals surface area contributed by atoms with Crippen LogP contribution >= 0.6 is 7.82 Å². The van der Waals surface area contributed by atoms with E-state index in [4.69, 9.17) is 18.3 Å². The third-order valence-corrected chi connectivity index (χ3v) is 13.1. The Balaban J connectivity index is 1.11. The van der Waals surface area contributed by atoms with E-state index in [9.17, 15) is 22.6 Å². The molecule has 2 saturated heterocycles. The van der Waals surface area contributed by atoms with Gasteiger partial charge in [-0.1, -0.05) is 86.6 Å². The van der Waals surface area contributed by atoms with Crippen LogP contribution in [-0.2, 0) is 51.6 Å². The first-order valence-electron chi connectivity index (χ1n) is 18.6. The molecule has 0 bridgehead atoms. The van der Waals surface area contributed by atoms with Gasteiger partial charge in [0.05, 0.1) is 43.5 Å². The van der Waals surface area contributed by atoms with Gasteiger partial charge < -0.3 is 14.6 Å². The van der Waals surface area contributed by atoms with Crippen LogP contribution in [0.2, 0.25) is 0 Å². The number of aryl methyl sites for hydroxylation is 2. The normalized spacial score (nSPS) is 17.4. The fourth-order valence-corrected chi connectivity index (χ4v) is 10.0. The van der Waals surface area contributed by atoms with Gasteiger partial charge in [0.1, 0.15) is 27.5 Å². The second-order valence-electron chi connectivity index (χ2n) is 15.1. The Kier molecular flexibility index (Phi) is 12.7. The van der Waals surface area contributed by atoms with Crippen molar-refractivity contribution in [1.82, 2.24) is 5.32 Å². The Morgan fingerprint density at radius 3 is 2.12 bits per heavy atom. The Hall–Kier alpha value is -4.55. The average molecular weight is 807 g/mol. The van der Waals surface area contributed by atoms with Crippen molar-refractivity contribution in [2.75, 3.05) is 29.5 Å². The number of carbonyl (C=O) groups excluding carboxylic acids is 2. The monoisotopic (exact) mass is 806 g/mol. The van der Waals surface area contributed by atoms with E-state index >= 15 is 4.39 Å². The van der Waals surface area contributed by atoms with E-state index in [2.05, 4.69) is 5.32 Å². The highest BCUT2D eigenvalue weighted by Crippen LogP contribution is 2.53. The Morgan fingerprint density at radius 1 is 0.929 bits per heavy atom. The number of nitrogens with zero attached hydrogens (tertiary/aromatic N) is 1. The molecule has 0 aromatic heterocycles. The number of sulfone groups is 1. The third-order valence-electron chi connectivity index (χ3n) is 10.1. The number of hydrogen-bond donors (Lipinski definition) is 1. The van der Waals surface area contributed by atoms with Crippen LogP contribution in [0, 0.1) is 19.7 Å². The minimum atomic E-state index is -4.22. The lowest BCUT2D eigenvalue weighted by Gasteiger charge is -2.30. The zero-order chi connectivity index (χ0) is 40.1. The summed E-state index contributed by atoms with van der Waals surface area (Å²) in [5, 5.41) is 2.88. The molecule has 0 aliphatic carbocycles. The summed E-state index contributed by atoms with van der Waals surface area (Å²) in [6, 6.07) is 26.8. The molecule has 0 saturated carbocycles. The molecule has 2 amide bonds. The van der Waals surface area contributed by atoms with Crippen molar-refractivity contribution in [3.8, 4) is 5.75 Å². The maximum Gasteiger partial charge on any atom is 0.530 e. The molecule has 2 heterocycles. The van der Waals surface area contributed by atoms with Gasteiger partial charge in [-0.3, -0.25) is 18.7 Å². The first-order valence-corrected chi connectivity index (χ1v) is 21.9. The van der Waals surface area contributed by atoms with Crippen molar-refractivity contribution in [2.45, 2.75) is 77.6 Å². The van der Waals surface area contributed by atoms with E-state index in [0.29, 0.717) is 29.7 Å². The van der Waals surface area contributed by atoms with E-state index in [1.807, 2.05) is 94.4 Å². The van der Waals surface area contributed by atoms with Gasteiger partial charge in [0.15, 0.2) is 0 Å². The summed E-state index contributed by atoms with van der Waals surface area (Å²) in [6.07, 6.45) is -0.629. The summed E-state index contributed by atoms with van der Waals surface area (Å²) in [6.45, 7) is 7.66. The molecular formula is C42H48FN2O9PS. The molecule has 2 fully saturated rings.